The zero-order valence-electron chi connectivity index (χ0n) is 16.8. The fourth-order valence-electron chi connectivity index (χ4n) is 3.27. The number of amides is 1. The Hall–Kier alpha value is -1.85. The van der Waals surface area contributed by atoms with Gasteiger partial charge in [-0.15, -0.1) is 0 Å². The van der Waals surface area contributed by atoms with Crippen LogP contribution in [0.3, 0.4) is 0 Å². The van der Waals surface area contributed by atoms with E-state index in [4.69, 9.17) is 4.74 Å². The second kappa shape index (κ2) is 12.5. The first-order chi connectivity index (χ1) is 13.2. The fraction of sp³-hybridized carbons (Fsp3) is 0.591. The third-order valence-corrected chi connectivity index (χ3v) is 4.96. The molecule has 150 valence electrons. The highest BCUT2D eigenvalue weighted by Crippen LogP contribution is 2.13. The van der Waals surface area contributed by atoms with Crippen molar-refractivity contribution < 1.29 is 9.53 Å². The van der Waals surface area contributed by atoms with E-state index >= 15 is 0 Å². The number of ether oxygens (including phenoxy) is 1. The fourth-order valence-corrected chi connectivity index (χ4v) is 3.27. The second-order valence-corrected chi connectivity index (χ2v) is 7.24. The van der Waals surface area contributed by atoms with Crippen LogP contribution >= 0.6 is 0 Å². The summed E-state index contributed by atoms with van der Waals surface area (Å²) < 4.78 is 5.81. The van der Waals surface area contributed by atoms with Crippen LogP contribution in [0.2, 0.25) is 0 Å². The summed E-state index contributed by atoms with van der Waals surface area (Å²) in [7, 11) is 1.95. The minimum Gasteiger partial charge on any atom is -0.492 e. The molecule has 1 aliphatic heterocycles. The van der Waals surface area contributed by atoms with Gasteiger partial charge in [0.2, 0.25) is 0 Å². The third-order valence-electron chi connectivity index (χ3n) is 4.96. The van der Waals surface area contributed by atoms with Gasteiger partial charge in [-0.05, 0) is 83.1 Å². The Bertz CT molecular complexity index is 565. The molecule has 1 aromatic carbocycles. The molecule has 1 fully saturated rings. The van der Waals surface area contributed by atoms with Gasteiger partial charge in [0.15, 0.2) is 0 Å². The second-order valence-electron chi connectivity index (χ2n) is 7.24. The predicted molar refractivity (Wildman–Crippen MR) is 111 cm³/mol. The molecule has 2 N–H and O–H groups in total. The summed E-state index contributed by atoms with van der Waals surface area (Å²) in [4.78, 5) is 14.7. The van der Waals surface area contributed by atoms with Gasteiger partial charge in [0.1, 0.15) is 12.4 Å². The molecule has 1 saturated heterocycles. The highest BCUT2D eigenvalue weighted by atomic mass is 16.5. The van der Waals surface area contributed by atoms with Crippen LogP contribution in [0.25, 0.3) is 0 Å². The van der Waals surface area contributed by atoms with Crippen molar-refractivity contribution in [3.05, 3.63) is 42.0 Å². The van der Waals surface area contributed by atoms with E-state index < -0.39 is 0 Å². The number of nitrogens with zero attached hydrogens (tertiary/aromatic N) is 1. The van der Waals surface area contributed by atoms with Crippen molar-refractivity contribution in [2.75, 3.05) is 46.4 Å². The lowest BCUT2D eigenvalue weighted by Gasteiger charge is -2.26. The average molecular weight is 374 g/mol. The van der Waals surface area contributed by atoms with Gasteiger partial charge in [-0.2, -0.15) is 0 Å². The molecule has 1 aromatic rings. The molecule has 0 unspecified atom stereocenters. The first-order valence-corrected chi connectivity index (χ1v) is 10.2. The molecule has 27 heavy (non-hydrogen) atoms. The van der Waals surface area contributed by atoms with Gasteiger partial charge in [-0.25, -0.2) is 0 Å². The Kier molecular flexibility index (Phi) is 9.95. The molecule has 1 heterocycles. The molecule has 0 atom stereocenters. The molecule has 2 rings (SSSR count). The van der Waals surface area contributed by atoms with Crippen LogP contribution in [0.4, 0.5) is 0 Å². The van der Waals surface area contributed by atoms with Crippen LogP contribution in [-0.4, -0.2) is 57.2 Å². The van der Waals surface area contributed by atoms with Crippen molar-refractivity contribution in [2.24, 2.45) is 0 Å². The van der Waals surface area contributed by atoms with Gasteiger partial charge in [0.05, 0.1) is 0 Å². The topological polar surface area (TPSA) is 53.6 Å². The number of piperidine rings is 1. The van der Waals surface area contributed by atoms with E-state index in [0.29, 0.717) is 18.7 Å². The zero-order chi connectivity index (χ0) is 19.3. The van der Waals surface area contributed by atoms with E-state index in [-0.39, 0.29) is 5.91 Å². The minimum absolute atomic E-state index is 0.0436. The zero-order valence-corrected chi connectivity index (χ0v) is 16.8. The number of carbonyl (C=O) groups is 1. The van der Waals surface area contributed by atoms with Crippen molar-refractivity contribution in [1.82, 2.24) is 15.5 Å². The van der Waals surface area contributed by atoms with E-state index in [2.05, 4.69) is 22.1 Å². The Balaban J connectivity index is 1.63. The molecular formula is C22H35N3O2. The molecular weight excluding hydrogens is 338 g/mol. The molecule has 0 aliphatic carbocycles. The Morgan fingerprint density at radius 2 is 1.85 bits per heavy atom. The van der Waals surface area contributed by atoms with Gasteiger partial charge in [-0.1, -0.05) is 18.6 Å². The van der Waals surface area contributed by atoms with Crippen LogP contribution in [-0.2, 0) is 0 Å². The smallest absolute Gasteiger partial charge is 0.251 e. The maximum absolute atomic E-state index is 12.2. The monoisotopic (exact) mass is 373 g/mol. The number of hydrogen-bond donors (Lipinski definition) is 2. The highest BCUT2D eigenvalue weighted by Gasteiger charge is 2.10. The summed E-state index contributed by atoms with van der Waals surface area (Å²) in [5, 5.41) is 6.09. The number of rotatable bonds is 12. The Morgan fingerprint density at radius 1 is 1.11 bits per heavy atom. The Morgan fingerprint density at radius 3 is 2.56 bits per heavy atom. The summed E-state index contributed by atoms with van der Waals surface area (Å²) in [6.07, 6.45) is 6.86. The normalized spacial score (nSPS) is 14.7. The number of hydrogen-bond acceptors (Lipinski definition) is 4. The maximum Gasteiger partial charge on any atom is 0.251 e. The summed E-state index contributed by atoms with van der Waals surface area (Å²) >= 11 is 0. The SMILES string of the molecule is C=C(CCCNC)CCNC(=O)c1ccc(OCCN2CCCCC2)cc1. The van der Waals surface area contributed by atoms with Crippen molar-refractivity contribution >= 4 is 5.91 Å². The molecule has 0 bridgehead atoms. The summed E-state index contributed by atoms with van der Waals surface area (Å²) in [6.45, 7) is 9.74. The molecule has 5 heteroatoms. The predicted octanol–water partition coefficient (Wildman–Crippen LogP) is 3.23. The van der Waals surface area contributed by atoms with Crippen molar-refractivity contribution in [2.45, 2.75) is 38.5 Å². The molecule has 0 aromatic heterocycles. The van der Waals surface area contributed by atoms with Crippen molar-refractivity contribution in [3.8, 4) is 5.75 Å². The quantitative estimate of drug-likeness (QED) is 0.436. The molecule has 0 spiro atoms. The summed E-state index contributed by atoms with van der Waals surface area (Å²) in [6, 6.07) is 7.41. The lowest BCUT2D eigenvalue weighted by Crippen LogP contribution is -2.33. The lowest BCUT2D eigenvalue weighted by molar-refractivity contribution is 0.0954. The van der Waals surface area contributed by atoms with Gasteiger partial charge in [-0.3, -0.25) is 9.69 Å². The van der Waals surface area contributed by atoms with E-state index in [1.807, 2.05) is 31.3 Å². The highest BCUT2D eigenvalue weighted by molar-refractivity contribution is 5.94. The van der Waals surface area contributed by atoms with E-state index in [1.165, 1.54) is 37.9 Å². The van der Waals surface area contributed by atoms with Crippen LogP contribution in [0.15, 0.2) is 36.4 Å². The first kappa shape index (κ1) is 21.5. The standard InChI is InChI=1S/C22H35N3O2/c1-19(7-6-13-23-2)12-14-24-22(26)20-8-10-21(11-9-20)27-18-17-25-15-4-3-5-16-25/h8-11,23H,1,3-7,12-18H2,2H3,(H,24,26). The van der Waals surface area contributed by atoms with Crippen LogP contribution < -0.4 is 15.4 Å². The third kappa shape index (κ3) is 8.59. The van der Waals surface area contributed by atoms with Crippen LogP contribution in [0.1, 0.15) is 48.9 Å². The first-order valence-electron chi connectivity index (χ1n) is 10.2. The lowest BCUT2D eigenvalue weighted by atomic mass is 10.1. The molecule has 0 radical (unpaired) electrons. The Labute approximate surface area is 164 Å². The van der Waals surface area contributed by atoms with Gasteiger partial charge in [0.25, 0.3) is 5.91 Å². The van der Waals surface area contributed by atoms with Crippen LogP contribution in [0.5, 0.6) is 5.75 Å². The average Bonchev–Trinajstić information content (AvgIpc) is 2.69. The largest absolute Gasteiger partial charge is 0.492 e. The summed E-state index contributed by atoms with van der Waals surface area (Å²) in [5.74, 6) is 0.777. The molecule has 1 aliphatic rings. The van der Waals surface area contributed by atoms with E-state index in [9.17, 15) is 4.79 Å². The van der Waals surface area contributed by atoms with Crippen LogP contribution in [0, 0.1) is 0 Å². The maximum atomic E-state index is 12.2. The van der Waals surface area contributed by atoms with Crippen molar-refractivity contribution in [3.63, 3.8) is 0 Å². The number of nitrogens with one attached hydrogen (secondary N) is 2. The molecule has 1 amide bonds. The number of likely N-dealkylation sites (tertiary alicyclic amines) is 1. The molecule has 0 saturated carbocycles. The van der Waals surface area contributed by atoms with E-state index in [1.54, 1.807) is 0 Å². The summed E-state index contributed by atoms with van der Waals surface area (Å²) in [5.41, 5.74) is 1.85. The van der Waals surface area contributed by atoms with E-state index in [0.717, 1.165) is 38.1 Å². The number of benzene rings is 1. The van der Waals surface area contributed by atoms with Gasteiger partial charge < -0.3 is 15.4 Å². The van der Waals surface area contributed by atoms with Crippen molar-refractivity contribution in [1.29, 1.82) is 0 Å². The molecule has 5 nitrogen and oxygen atoms in total. The van der Waals surface area contributed by atoms with Gasteiger partial charge >= 0.3 is 0 Å². The number of carbonyl (C=O) groups excluding carboxylic acids is 1. The minimum atomic E-state index is -0.0436. The van der Waals surface area contributed by atoms with Gasteiger partial charge in [0, 0.05) is 18.7 Å².